The minimum Gasteiger partial charge on any atom is -0.491 e. The first-order chi connectivity index (χ1) is 12.5. The first-order valence-corrected chi connectivity index (χ1v) is 8.85. The average Bonchev–Trinajstić information content (AvgIpc) is 2.63. The molecule has 1 aliphatic heterocycles. The van der Waals surface area contributed by atoms with E-state index in [1.54, 1.807) is 17.0 Å². The average molecular weight is 357 g/mol. The lowest BCUT2D eigenvalue weighted by molar-refractivity contribution is 0.208. The van der Waals surface area contributed by atoms with Gasteiger partial charge in [0, 0.05) is 31.9 Å². The number of benzene rings is 2. The number of nitrogens with one attached hydrogen (secondary N) is 1. The summed E-state index contributed by atoms with van der Waals surface area (Å²) in [6, 6.07) is 13.9. The van der Waals surface area contributed by atoms with Crippen molar-refractivity contribution < 1.29 is 13.9 Å². The highest BCUT2D eigenvalue weighted by Crippen LogP contribution is 2.21. The van der Waals surface area contributed by atoms with E-state index < -0.39 is 0 Å². The van der Waals surface area contributed by atoms with E-state index >= 15 is 0 Å². The van der Waals surface area contributed by atoms with E-state index in [0.29, 0.717) is 31.9 Å². The molecule has 3 rings (SSSR count). The van der Waals surface area contributed by atoms with Gasteiger partial charge >= 0.3 is 6.03 Å². The lowest BCUT2D eigenvalue weighted by Crippen LogP contribution is -2.50. The maximum Gasteiger partial charge on any atom is 0.321 e. The molecule has 1 fully saturated rings. The number of amides is 2. The number of rotatable bonds is 4. The summed E-state index contributed by atoms with van der Waals surface area (Å²) in [5.41, 5.74) is 1.32. The van der Waals surface area contributed by atoms with Gasteiger partial charge in [0.05, 0.1) is 11.8 Å². The summed E-state index contributed by atoms with van der Waals surface area (Å²) in [6.07, 6.45) is 0.112. The van der Waals surface area contributed by atoms with Crippen LogP contribution in [0.2, 0.25) is 0 Å². The van der Waals surface area contributed by atoms with E-state index in [1.807, 2.05) is 49.1 Å². The van der Waals surface area contributed by atoms with E-state index in [-0.39, 0.29) is 18.0 Å². The maximum atomic E-state index is 13.9. The molecule has 6 heteroatoms. The Balaban J connectivity index is 1.53. The highest BCUT2D eigenvalue weighted by Gasteiger charge is 2.22. The zero-order valence-corrected chi connectivity index (χ0v) is 15.1. The predicted octanol–water partition coefficient (Wildman–Crippen LogP) is 3.97. The van der Waals surface area contributed by atoms with Gasteiger partial charge in [-0.25, -0.2) is 9.18 Å². The van der Waals surface area contributed by atoms with Crippen LogP contribution in [0.25, 0.3) is 0 Å². The third-order valence-corrected chi connectivity index (χ3v) is 4.24. The molecule has 1 N–H and O–H groups in total. The Bertz CT molecular complexity index is 741. The molecular formula is C20H24FN3O2. The summed E-state index contributed by atoms with van der Waals surface area (Å²) in [5, 5.41) is 2.90. The van der Waals surface area contributed by atoms with Crippen molar-refractivity contribution in [3.05, 3.63) is 54.3 Å². The second kappa shape index (κ2) is 8.08. The molecule has 2 aromatic carbocycles. The fourth-order valence-corrected chi connectivity index (χ4v) is 2.95. The van der Waals surface area contributed by atoms with Gasteiger partial charge in [0.15, 0.2) is 0 Å². The van der Waals surface area contributed by atoms with Crippen LogP contribution >= 0.6 is 0 Å². The van der Waals surface area contributed by atoms with Crippen molar-refractivity contribution in [2.75, 3.05) is 36.4 Å². The van der Waals surface area contributed by atoms with Crippen LogP contribution in [-0.4, -0.2) is 43.2 Å². The molecule has 1 saturated heterocycles. The van der Waals surface area contributed by atoms with Gasteiger partial charge in [0.25, 0.3) is 0 Å². The fourth-order valence-electron chi connectivity index (χ4n) is 2.95. The van der Waals surface area contributed by atoms with Gasteiger partial charge in [-0.05, 0) is 50.2 Å². The first-order valence-electron chi connectivity index (χ1n) is 8.85. The lowest BCUT2D eigenvalue weighted by Gasteiger charge is -2.36. The zero-order valence-electron chi connectivity index (χ0n) is 15.1. The number of urea groups is 1. The van der Waals surface area contributed by atoms with Crippen LogP contribution < -0.4 is 15.0 Å². The molecule has 5 nitrogen and oxygen atoms in total. The van der Waals surface area contributed by atoms with Gasteiger partial charge in [0.1, 0.15) is 11.6 Å². The highest BCUT2D eigenvalue weighted by molar-refractivity contribution is 5.89. The molecule has 0 radical (unpaired) electrons. The molecule has 0 bridgehead atoms. The van der Waals surface area contributed by atoms with Crippen LogP contribution in [0.4, 0.5) is 20.6 Å². The molecule has 1 heterocycles. The van der Waals surface area contributed by atoms with Gasteiger partial charge in [-0.3, -0.25) is 0 Å². The van der Waals surface area contributed by atoms with E-state index in [1.165, 1.54) is 6.07 Å². The van der Waals surface area contributed by atoms with Gasteiger partial charge < -0.3 is 19.9 Å². The van der Waals surface area contributed by atoms with Gasteiger partial charge in [0.2, 0.25) is 0 Å². The number of hydrogen-bond acceptors (Lipinski definition) is 3. The van der Waals surface area contributed by atoms with Crippen LogP contribution in [0.3, 0.4) is 0 Å². The smallest absolute Gasteiger partial charge is 0.321 e. The number of hydrogen-bond donors (Lipinski definition) is 1. The number of carbonyl (C=O) groups is 1. The molecule has 0 unspecified atom stereocenters. The summed E-state index contributed by atoms with van der Waals surface area (Å²) in [5.74, 6) is 0.547. The monoisotopic (exact) mass is 357 g/mol. The van der Waals surface area contributed by atoms with Gasteiger partial charge in [-0.1, -0.05) is 12.1 Å². The number of piperazine rings is 1. The quantitative estimate of drug-likeness (QED) is 0.901. The molecule has 26 heavy (non-hydrogen) atoms. The Hall–Kier alpha value is -2.76. The topological polar surface area (TPSA) is 44.8 Å². The van der Waals surface area contributed by atoms with E-state index in [2.05, 4.69) is 5.32 Å². The van der Waals surface area contributed by atoms with Crippen molar-refractivity contribution in [2.45, 2.75) is 20.0 Å². The minimum atomic E-state index is -0.228. The van der Waals surface area contributed by atoms with Gasteiger partial charge in [-0.2, -0.15) is 0 Å². The van der Waals surface area contributed by atoms with Crippen molar-refractivity contribution >= 4 is 17.4 Å². The summed E-state index contributed by atoms with van der Waals surface area (Å²) >= 11 is 0. The van der Waals surface area contributed by atoms with Crippen LogP contribution in [0.1, 0.15) is 13.8 Å². The van der Waals surface area contributed by atoms with Crippen LogP contribution in [0.5, 0.6) is 5.75 Å². The molecule has 2 aromatic rings. The third kappa shape index (κ3) is 4.45. The standard InChI is InChI=1S/C20H24FN3O2/c1-15(2)26-17-9-7-16(8-10-17)22-20(25)24-13-11-23(12-14-24)19-6-4-3-5-18(19)21/h3-10,15H,11-14H2,1-2H3,(H,22,25). The zero-order chi connectivity index (χ0) is 18.5. The summed E-state index contributed by atoms with van der Waals surface area (Å²) in [4.78, 5) is 16.1. The SMILES string of the molecule is CC(C)Oc1ccc(NC(=O)N2CCN(c3ccccc3F)CC2)cc1. The second-order valence-electron chi connectivity index (χ2n) is 6.55. The van der Waals surface area contributed by atoms with Crippen molar-refractivity contribution in [3.8, 4) is 5.75 Å². The normalized spacial score (nSPS) is 14.5. The molecule has 0 aromatic heterocycles. The molecule has 0 saturated carbocycles. The molecule has 0 aliphatic carbocycles. The number of para-hydroxylation sites is 1. The highest BCUT2D eigenvalue weighted by atomic mass is 19.1. The Morgan fingerprint density at radius 2 is 1.69 bits per heavy atom. The van der Waals surface area contributed by atoms with Crippen molar-refractivity contribution in [2.24, 2.45) is 0 Å². The van der Waals surface area contributed by atoms with E-state index in [4.69, 9.17) is 4.74 Å². The van der Waals surface area contributed by atoms with E-state index in [9.17, 15) is 9.18 Å². The lowest BCUT2D eigenvalue weighted by atomic mass is 10.2. The largest absolute Gasteiger partial charge is 0.491 e. The summed E-state index contributed by atoms with van der Waals surface area (Å²) in [6.45, 7) is 6.25. The van der Waals surface area contributed by atoms with Crippen LogP contribution in [0.15, 0.2) is 48.5 Å². The second-order valence-corrected chi connectivity index (χ2v) is 6.55. The Kier molecular flexibility index (Phi) is 5.61. The predicted molar refractivity (Wildman–Crippen MR) is 101 cm³/mol. The molecule has 0 atom stereocenters. The molecule has 0 spiro atoms. The molecule has 138 valence electrons. The number of anilines is 2. The Morgan fingerprint density at radius 3 is 2.31 bits per heavy atom. The summed E-state index contributed by atoms with van der Waals surface area (Å²) < 4.78 is 19.5. The molecular weight excluding hydrogens is 333 g/mol. The first kappa shape index (κ1) is 18.0. The van der Waals surface area contributed by atoms with Crippen molar-refractivity contribution in [3.63, 3.8) is 0 Å². The summed E-state index contributed by atoms with van der Waals surface area (Å²) in [7, 11) is 0. The van der Waals surface area contributed by atoms with Crippen LogP contribution in [0, 0.1) is 5.82 Å². The third-order valence-electron chi connectivity index (χ3n) is 4.24. The molecule has 1 aliphatic rings. The van der Waals surface area contributed by atoms with E-state index in [0.717, 1.165) is 11.4 Å². The van der Waals surface area contributed by atoms with Gasteiger partial charge in [-0.15, -0.1) is 0 Å². The number of ether oxygens (including phenoxy) is 1. The van der Waals surface area contributed by atoms with Crippen molar-refractivity contribution in [1.82, 2.24) is 4.90 Å². The Morgan fingerprint density at radius 1 is 1.04 bits per heavy atom. The number of carbonyl (C=O) groups excluding carboxylic acids is 1. The molecule has 2 amide bonds. The van der Waals surface area contributed by atoms with Crippen LogP contribution in [-0.2, 0) is 0 Å². The number of halogens is 1. The van der Waals surface area contributed by atoms with Crippen molar-refractivity contribution in [1.29, 1.82) is 0 Å². The Labute approximate surface area is 153 Å². The number of nitrogens with zero attached hydrogens (tertiary/aromatic N) is 2. The maximum absolute atomic E-state index is 13.9. The minimum absolute atomic E-state index is 0.112. The fraction of sp³-hybridized carbons (Fsp3) is 0.350.